The molecule has 17 heavy (non-hydrogen) atoms. The van der Waals surface area contributed by atoms with Crippen molar-refractivity contribution in [3.63, 3.8) is 0 Å². The summed E-state index contributed by atoms with van der Waals surface area (Å²) in [5.74, 6) is 0.637. The first-order chi connectivity index (χ1) is 8.00. The van der Waals surface area contributed by atoms with Gasteiger partial charge in [-0.25, -0.2) is 8.42 Å². The van der Waals surface area contributed by atoms with E-state index in [1.54, 1.807) is 16.4 Å². The first kappa shape index (κ1) is 13.3. The number of sulfonamides is 1. The summed E-state index contributed by atoms with van der Waals surface area (Å²) < 4.78 is 27.3. The van der Waals surface area contributed by atoms with Crippen molar-refractivity contribution in [3.8, 4) is 0 Å². The van der Waals surface area contributed by atoms with Gasteiger partial charge in [-0.15, -0.1) is 0 Å². The van der Waals surface area contributed by atoms with Gasteiger partial charge in [0.1, 0.15) is 0 Å². The van der Waals surface area contributed by atoms with Crippen LogP contribution in [0, 0.1) is 9.49 Å². The maximum atomic E-state index is 12.3. The van der Waals surface area contributed by atoms with E-state index in [1.807, 2.05) is 12.1 Å². The molecular formula is C12H16INO2S. The fourth-order valence-corrected chi connectivity index (χ4v) is 3.81. The lowest BCUT2D eigenvalue weighted by molar-refractivity contribution is 0.288. The van der Waals surface area contributed by atoms with E-state index in [0.29, 0.717) is 23.9 Å². The van der Waals surface area contributed by atoms with Gasteiger partial charge in [0.25, 0.3) is 0 Å². The Balaban J connectivity index is 2.21. The number of nitrogens with zero attached hydrogens (tertiary/aromatic N) is 1. The van der Waals surface area contributed by atoms with Crippen LogP contribution < -0.4 is 0 Å². The van der Waals surface area contributed by atoms with Crippen LogP contribution in [-0.2, 0) is 10.0 Å². The minimum atomic E-state index is -3.27. The third-order valence-electron chi connectivity index (χ3n) is 3.19. The first-order valence-corrected chi connectivity index (χ1v) is 8.28. The monoisotopic (exact) mass is 365 g/mol. The van der Waals surface area contributed by atoms with Crippen molar-refractivity contribution in [2.24, 2.45) is 5.92 Å². The molecule has 0 unspecified atom stereocenters. The molecule has 0 saturated carbocycles. The van der Waals surface area contributed by atoms with Crippen LogP contribution in [0.1, 0.15) is 19.8 Å². The number of rotatable bonds is 2. The van der Waals surface area contributed by atoms with E-state index < -0.39 is 10.0 Å². The fourth-order valence-electron chi connectivity index (χ4n) is 1.98. The van der Waals surface area contributed by atoms with Gasteiger partial charge < -0.3 is 0 Å². The standard InChI is InChI=1S/C12H16INO2S/c1-10-6-8-14(9-7-10)17(15,16)12-4-2-11(13)3-5-12/h2-5,10H,6-9H2,1H3. The van der Waals surface area contributed by atoms with Gasteiger partial charge in [0.05, 0.1) is 4.90 Å². The summed E-state index contributed by atoms with van der Waals surface area (Å²) >= 11 is 2.17. The Morgan fingerprint density at radius 2 is 1.71 bits per heavy atom. The van der Waals surface area contributed by atoms with Crippen molar-refractivity contribution in [2.75, 3.05) is 13.1 Å². The highest BCUT2D eigenvalue weighted by molar-refractivity contribution is 14.1. The summed E-state index contributed by atoms with van der Waals surface area (Å²) in [7, 11) is -3.27. The molecule has 1 heterocycles. The third kappa shape index (κ3) is 3.00. The van der Waals surface area contributed by atoms with Gasteiger partial charge in [0.15, 0.2) is 0 Å². The molecule has 3 nitrogen and oxygen atoms in total. The van der Waals surface area contributed by atoms with Crippen LogP contribution in [-0.4, -0.2) is 25.8 Å². The Labute approximate surface area is 116 Å². The quantitative estimate of drug-likeness (QED) is 0.756. The molecule has 0 radical (unpaired) electrons. The summed E-state index contributed by atoms with van der Waals surface area (Å²) in [4.78, 5) is 0.410. The first-order valence-electron chi connectivity index (χ1n) is 5.76. The predicted molar refractivity (Wildman–Crippen MR) is 76.3 cm³/mol. The second-order valence-corrected chi connectivity index (χ2v) is 7.72. The molecule has 5 heteroatoms. The molecule has 1 fully saturated rings. The van der Waals surface area contributed by atoms with E-state index in [2.05, 4.69) is 29.5 Å². The topological polar surface area (TPSA) is 37.4 Å². The van der Waals surface area contributed by atoms with Gasteiger partial charge in [0.2, 0.25) is 10.0 Å². The zero-order chi connectivity index (χ0) is 12.5. The van der Waals surface area contributed by atoms with Gasteiger partial charge in [-0.1, -0.05) is 6.92 Å². The SMILES string of the molecule is CC1CCN(S(=O)(=O)c2ccc(I)cc2)CC1. The molecule has 1 aromatic rings. The summed E-state index contributed by atoms with van der Waals surface area (Å²) in [6.07, 6.45) is 1.92. The average Bonchev–Trinajstić information content (AvgIpc) is 2.30. The van der Waals surface area contributed by atoms with E-state index in [1.165, 1.54) is 0 Å². The maximum Gasteiger partial charge on any atom is 0.243 e. The van der Waals surface area contributed by atoms with Crippen LogP contribution in [0.15, 0.2) is 29.2 Å². The van der Waals surface area contributed by atoms with Gasteiger partial charge in [0, 0.05) is 16.7 Å². The summed E-state index contributed by atoms with van der Waals surface area (Å²) in [6.45, 7) is 3.47. The summed E-state index contributed by atoms with van der Waals surface area (Å²) in [5, 5.41) is 0. The lowest BCUT2D eigenvalue weighted by atomic mass is 10.0. The largest absolute Gasteiger partial charge is 0.243 e. The van der Waals surface area contributed by atoms with Crippen LogP contribution in [0.5, 0.6) is 0 Å². The van der Waals surface area contributed by atoms with Gasteiger partial charge in [-0.2, -0.15) is 4.31 Å². The molecule has 2 rings (SSSR count). The van der Waals surface area contributed by atoms with E-state index in [4.69, 9.17) is 0 Å². The molecule has 1 aliphatic heterocycles. The zero-order valence-electron chi connectivity index (χ0n) is 9.77. The number of hydrogen-bond donors (Lipinski definition) is 0. The number of piperidine rings is 1. The second kappa shape index (κ2) is 5.24. The second-order valence-electron chi connectivity index (χ2n) is 4.54. The molecule has 1 aromatic carbocycles. The highest BCUT2D eigenvalue weighted by Gasteiger charge is 2.27. The summed E-state index contributed by atoms with van der Waals surface area (Å²) in [6, 6.07) is 7.05. The Morgan fingerprint density at radius 3 is 2.24 bits per heavy atom. The van der Waals surface area contributed by atoms with Gasteiger partial charge in [-0.3, -0.25) is 0 Å². The van der Waals surface area contributed by atoms with E-state index in [-0.39, 0.29) is 0 Å². The van der Waals surface area contributed by atoms with Crippen LogP contribution in [0.4, 0.5) is 0 Å². The van der Waals surface area contributed by atoms with E-state index in [9.17, 15) is 8.42 Å². The van der Waals surface area contributed by atoms with Gasteiger partial charge in [-0.05, 0) is 65.6 Å². The Bertz CT molecular complexity index is 476. The summed E-state index contributed by atoms with van der Waals surface area (Å²) in [5.41, 5.74) is 0. The molecule has 0 N–H and O–H groups in total. The molecule has 1 aliphatic rings. The number of hydrogen-bond acceptors (Lipinski definition) is 2. The van der Waals surface area contributed by atoms with Crippen molar-refractivity contribution in [2.45, 2.75) is 24.7 Å². The zero-order valence-corrected chi connectivity index (χ0v) is 12.7. The number of halogens is 1. The highest BCUT2D eigenvalue weighted by Crippen LogP contribution is 2.23. The molecule has 0 amide bonds. The van der Waals surface area contributed by atoms with Gasteiger partial charge >= 0.3 is 0 Å². The minimum Gasteiger partial charge on any atom is -0.207 e. The van der Waals surface area contributed by atoms with Crippen molar-refractivity contribution < 1.29 is 8.42 Å². The molecule has 94 valence electrons. The van der Waals surface area contributed by atoms with E-state index >= 15 is 0 Å². The molecule has 0 aromatic heterocycles. The minimum absolute atomic E-state index is 0.410. The molecule has 1 saturated heterocycles. The van der Waals surface area contributed by atoms with Crippen LogP contribution in [0.2, 0.25) is 0 Å². The van der Waals surface area contributed by atoms with Crippen molar-refractivity contribution in [1.82, 2.24) is 4.31 Å². The third-order valence-corrected chi connectivity index (χ3v) is 5.83. The number of benzene rings is 1. The molecule has 0 spiro atoms. The molecule has 0 bridgehead atoms. The lowest BCUT2D eigenvalue weighted by Crippen LogP contribution is -2.37. The van der Waals surface area contributed by atoms with Crippen LogP contribution in [0.25, 0.3) is 0 Å². The molecular weight excluding hydrogens is 349 g/mol. The van der Waals surface area contributed by atoms with Crippen LogP contribution >= 0.6 is 22.6 Å². The van der Waals surface area contributed by atoms with E-state index in [0.717, 1.165) is 16.4 Å². The van der Waals surface area contributed by atoms with Crippen molar-refractivity contribution >= 4 is 32.6 Å². The maximum absolute atomic E-state index is 12.3. The molecule has 0 aliphatic carbocycles. The Kier molecular flexibility index (Phi) is 4.10. The Hall–Kier alpha value is -0.140. The van der Waals surface area contributed by atoms with Crippen molar-refractivity contribution in [3.05, 3.63) is 27.8 Å². The predicted octanol–water partition coefficient (Wildman–Crippen LogP) is 2.71. The van der Waals surface area contributed by atoms with Crippen molar-refractivity contribution in [1.29, 1.82) is 0 Å². The normalized spacial score (nSPS) is 19.4. The molecule has 0 atom stereocenters. The van der Waals surface area contributed by atoms with Crippen LogP contribution in [0.3, 0.4) is 0 Å². The fraction of sp³-hybridized carbons (Fsp3) is 0.500. The Morgan fingerprint density at radius 1 is 1.18 bits per heavy atom. The average molecular weight is 365 g/mol. The highest BCUT2D eigenvalue weighted by atomic mass is 127. The lowest BCUT2D eigenvalue weighted by Gasteiger charge is -2.29. The smallest absolute Gasteiger partial charge is 0.207 e.